The van der Waals surface area contributed by atoms with Gasteiger partial charge in [0.05, 0.1) is 18.2 Å². The first-order valence-electron chi connectivity index (χ1n) is 6.47. The van der Waals surface area contributed by atoms with Crippen molar-refractivity contribution >= 4 is 10.9 Å². The molecule has 21 heavy (non-hydrogen) atoms. The second-order valence-corrected chi connectivity index (χ2v) is 4.67. The number of nitrogens with zero attached hydrogens (tertiary/aromatic N) is 2. The lowest BCUT2D eigenvalue weighted by atomic mass is 10.2. The number of hydrogen-bond acceptors (Lipinski definition) is 4. The van der Waals surface area contributed by atoms with Crippen LogP contribution in [0.3, 0.4) is 0 Å². The van der Waals surface area contributed by atoms with Gasteiger partial charge in [-0.3, -0.25) is 9.36 Å². The highest BCUT2D eigenvalue weighted by atomic mass is 16.5. The van der Waals surface area contributed by atoms with Gasteiger partial charge in [0.2, 0.25) is 0 Å². The number of fused-ring (bicyclic) bond motifs is 1. The van der Waals surface area contributed by atoms with Gasteiger partial charge in [-0.1, -0.05) is 6.07 Å². The number of hydrogen-bond donors (Lipinski definition) is 1. The average molecular weight is 282 g/mol. The molecule has 0 aliphatic rings. The molecular formula is C16H14N2O3. The Bertz CT molecular complexity index is 867. The summed E-state index contributed by atoms with van der Waals surface area (Å²) < 4.78 is 6.77. The fourth-order valence-corrected chi connectivity index (χ4v) is 2.36. The van der Waals surface area contributed by atoms with Crippen molar-refractivity contribution in [1.29, 1.82) is 0 Å². The van der Waals surface area contributed by atoms with Crippen molar-refractivity contribution in [1.82, 2.24) is 9.55 Å². The van der Waals surface area contributed by atoms with Gasteiger partial charge in [-0.25, -0.2) is 4.98 Å². The number of phenolic OH excluding ortho intramolecular Hbond substituents is 1. The van der Waals surface area contributed by atoms with E-state index in [0.717, 1.165) is 0 Å². The number of phenols is 1. The normalized spacial score (nSPS) is 10.8. The quantitative estimate of drug-likeness (QED) is 0.784. The molecule has 0 saturated carbocycles. The van der Waals surface area contributed by atoms with E-state index in [4.69, 9.17) is 4.74 Å². The third kappa shape index (κ3) is 2.12. The molecule has 2 aromatic carbocycles. The second-order valence-electron chi connectivity index (χ2n) is 4.67. The number of methoxy groups -OCH3 is 1. The lowest BCUT2D eigenvalue weighted by Gasteiger charge is -2.12. The van der Waals surface area contributed by atoms with Gasteiger partial charge in [-0.05, 0) is 43.3 Å². The van der Waals surface area contributed by atoms with Crippen LogP contribution in [0.5, 0.6) is 11.5 Å². The highest BCUT2D eigenvalue weighted by molar-refractivity contribution is 5.84. The Morgan fingerprint density at radius 3 is 2.52 bits per heavy atom. The molecule has 0 bridgehead atoms. The summed E-state index contributed by atoms with van der Waals surface area (Å²) in [4.78, 5) is 17.2. The summed E-state index contributed by atoms with van der Waals surface area (Å²) in [6.45, 7) is 1.76. The molecule has 1 heterocycles. The van der Waals surface area contributed by atoms with Crippen molar-refractivity contribution in [3.05, 3.63) is 58.6 Å². The zero-order chi connectivity index (χ0) is 15.0. The molecular weight excluding hydrogens is 268 g/mol. The highest BCUT2D eigenvalue weighted by Gasteiger charge is 2.12. The van der Waals surface area contributed by atoms with Crippen LogP contribution in [0.15, 0.2) is 47.3 Å². The first kappa shape index (κ1) is 13.2. The van der Waals surface area contributed by atoms with E-state index in [9.17, 15) is 9.90 Å². The van der Waals surface area contributed by atoms with Gasteiger partial charge >= 0.3 is 0 Å². The summed E-state index contributed by atoms with van der Waals surface area (Å²) >= 11 is 0. The van der Waals surface area contributed by atoms with Crippen molar-refractivity contribution < 1.29 is 9.84 Å². The zero-order valence-corrected chi connectivity index (χ0v) is 11.7. The van der Waals surface area contributed by atoms with Crippen molar-refractivity contribution in [2.75, 3.05) is 7.11 Å². The largest absolute Gasteiger partial charge is 0.508 e. The zero-order valence-electron chi connectivity index (χ0n) is 11.7. The molecule has 5 nitrogen and oxygen atoms in total. The summed E-state index contributed by atoms with van der Waals surface area (Å²) in [7, 11) is 1.55. The maximum absolute atomic E-state index is 12.7. The third-order valence-corrected chi connectivity index (χ3v) is 3.36. The number of rotatable bonds is 2. The molecule has 1 N–H and O–H groups in total. The molecule has 0 aliphatic heterocycles. The molecule has 0 aliphatic carbocycles. The van der Waals surface area contributed by atoms with Gasteiger partial charge in [0.15, 0.2) is 0 Å². The molecule has 5 heteroatoms. The Kier molecular flexibility index (Phi) is 3.10. The standard InChI is InChI=1S/C16H14N2O3/c1-10-17-15-13(4-3-5-14(15)21-2)16(20)18(10)11-6-8-12(19)9-7-11/h3-9,19H,1-2H3. The predicted molar refractivity (Wildman–Crippen MR) is 80.3 cm³/mol. The first-order chi connectivity index (χ1) is 10.1. The fourth-order valence-electron chi connectivity index (χ4n) is 2.36. The number of aryl methyl sites for hydroxylation is 1. The highest BCUT2D eigenvalue weighted by Crippen LogP contribution is 2.22. The first-order valence-corrected chi connectivity index (χ1v) is 6.47. The van der Waals surface area contributed by atoms with Crippen molar-refractivity contribution in [2.45, 2.75) is 6.92 Å². The molecule has 0 radical (unpaired) electrons. The van der Waals surface area contributed by atoms with Crippen LogP contribution < -0.4 is 10.3 Å². The van der Waals surface area contributed by atoms with E-state index < -0.39 is 0 Å². The molecule has 0 unspecified atom stereocenters. The summed E-state index contributed by atoms with van der Waals surface area (Å²) in [5.41, 5.74) is 1.05. The van der Waals surface area contributed by atoms with Crippen LogP contribution in [0.25, 0.3) is 16.6 Å². The van der Waals surface area contributed by atoms with E-state index in [-0.39, 0.29) is 11.3 Å². The Hall–Kier alpha value is -2.82. The predicted octanol–water partition coefficient (Wildman–Crippen LogP) is 2.41. The number of aromatic hydroxyl groups is 1. The van der Waals surface area contributed by atoms with Crippen LogP contribution in [0, 0.1) is 6.92 Å². The number of ether oxygens (including phenoxy) is 1. The molecule has 0 fully saturated rings. The third-order valence-electron chi connectivity index (χ3n) is 3.36. The minimum absolute atomic E-state index is 0.153. The molecule has 3 rings (SSSR count). The molecule has 0 amide bonds. The average Bonchev–Trinajstić information content (AvgIpc) is 2.48. The summed E-state index contributed by atoms with van der Waals surface area (Å²) in [6, 6.07) is 11.7. The minimum Gasteiger partial charge on any atom is -0.508 e. The Morgan fingerprint density at radius 2 is 1.86 bits per heavy atom. The van der Waals surface area contributed by atoms with Crippen LogP contribution in [0.4, 0.5) is 0 Å². The fraction of sp³-hybridized carbons (Fsp3) is 0.125. The van der Waals surface area contributed by atoms with E-state index in [2.05, 4.69) is 4.98 Å². The van der Waals surface area contributed by atoms with E-state index in [0.29, 0.717) is 28.2 Å². The maximum atomic E-state index is 12.7. The lowest BCUT2D eigenvalue weighted by molar-refractivity contribution is 0.418. The van der Waals surface area contributed by atoms with E-state index in [1.807, 2.05) is 0 Å². The monoisotopic (exact) mass is 282 g/mol. The van der Waals surface area contributed by atoms with E-state index in [1.54, 1.807) is 44.4 Å². The lowest BCUT2D eigenvalue weighted by Crippen LogP contribution is -2.22. The minimum atomic E-state index is -0.165. The van der Waals surface area contributed by atoms with Crippen molar-refractivity contribution in [3.63, 3.8) is 0 Å². The molecule has 0 atom stereocenters. The van der Waals surface area contributed by atoms with E-state index in [1.165, 1.54) is 16.7 Å². The van der Waals surface area contributed by atoms with E-state index >= 15 is 0 Å². The Morgan fingerprint density at radius 1 is 1.14 bits per heavy atom. The van der Waals surface area contributed by atoms with Crippen LogP contribution >= 0.6 is 0 Å². The van der Waals surface area contributed by atoms with Gasteiger partial charge in [-0.2, -0.15) is 0 Å². The summed E-state index contributed by atoms with van der Waals surface area (Å²) in [6.07, 6.45) is 0. The van der Waals surface area contributed by atoms with Gasteiger partial charge in [0.1, 0.15) is 22.8 Å². The maximum Gasteiger partial charge on any atom is 0.266 e. The van der Waals surface area contributed by atoms with Crippen LogP contribution in [0.1, 0.15) is 5.82 Å². The molecule has 1 aromatic heterocycles. The van der Waals surface area contributed by atoms with Crippen molar-refractivity contribution in [3.8, 4) is 17.2 Å². The Labute approximate surface area is 121 Å². The Balaban J connectivity index is 2.35. The van der Waals surface area contributed by atoms with Crippen LogP contribution in [-0.4, -0.2) is 21.8 Å². The molecule has 0 saturated heterocycles. The van der Waals surface area contributed by atoms with Crippen molar-refractivity contribution in [2.24, 2.45) is 0 Å². The SMILES string of the molecule is COc1cccc2c(=O)n(-c3ccc(O)cc3)c(C)nc12. The number of benzene rings is 2. The van der Waals surface area contributed by atoms with Crippen LogP contribution in [-0.2, 0) is 0 Å². The molecule has 3 aromatic rings. The summed E-state index contributed by atoms with van der Waals surface area (Å²) in [5.74, 6) is 1.29. The van der Waals surface area contributed by atoms with Gasteiger partial charge in [-0.15, -0.1) is 0 Å². The molecule has 106 valence electrons. The number of para-hydroxylation sites is 1. The smallest absolute Gasteiger partial charge is 0.266 e. The van der Waals surface area contributed by atoms with Gasteiger partial charge < -0.3 is 9.84 Å². The number of aromatic nitrogens is 2. The molecule has 0 spiro atoms. The summed E-state index contributed by atoms with van der Waals surface area (Å²) in [5, 5.41) is 9.86. The van der Waals surface area contributed by atoms with Gasteiger partial charge in [0, 0.05) is 0 Å². The van der Waals surface area contributed by atoms with Crippen LogP contribution in [0.2, 0.25) is 0 Å². The topological polar surface area (TPSA) is 64.3 Å². The van der Waals surface area contributed by atoms with Gasteiger partial charge in [0.25, 0.3) is 5.56 Å². The second kappa shape index (κ2) is 4.94.